The zero-order chi connectivity index (χ0) is 8.08. The molecule has 0 atom stereocenters. The van der Waals surface area contributed by atoms with Gasteiger partial charge in [-0.25, -0.2) is 0 Å². The Labute approximate surface area is 90.5 Å². The third-order valence-corrected chi connectivity index (χ3v) is 0. The quantitative estimate of drug-likeness (QED) is 0.458. The van der Waals surface area contributed by atoms with Crippen molar-refractivity contribution in [2.45, 2.75) is 0 Å². The molecule has 56 valence electrons. The SMILES string of the molecule is Cl[Si](Cl)(Cl)Cl.[Cl][Ga]([Cl])[Cl]. The molecule has 0 aromatic rings. The zero-order valence-electron chi connectivity index (χ0n) is 3.72. The first-order chi connectivity index (χ1) is 3.73. The summed E-state index contributed by atoms with van der Waals surface area (Å²) in [6, 6.07) is 0. The van der Waals surface area contributed by atoms with E-state index in [0.717, 1.165) is 0 Å². The van der Waals surface area contributed by atoms with E-state index in [4.69, 9.17) is 73.2 Å². The first-order valence-electron chi connectivity index (χ1n) is 1.41. The van der Waals surface area contributed by atoms with E-state index in [-0.39, 0.29) is 0 Å². The number of hydrogen-bond acceptors (Lipinski definition) is 0. The van der Waals surface area contributed by atoms with Crippen LogP contribution in [0.4, 0.5) is 0 Å². The first-order valence-corrected chi connectivity index (χ1v) is 17.0. The van der Waals surface area contributed by atoms with Gasteiger partial charge in [0.25, 0.3) is 0 Å². The van der Waals surface area contributed by atoms with Gasteiger partial charge in [-0.2, -0.15) is 0 Å². The second kappa shape index (κ2) is 7.53. The van der Waals surface area contributed by atoms with Gasteiger partial charge in [-0.05, 0) is 0 Å². The van der Waals surface area contributed by atoms with Crippen molar-refractivity contribution in [3.05, 3.63) is 0 Å². The fourth-order valence-corrected chi connectivity index (χ4v) is 0. The van der Waals surface area contributed by atoms with E-state index in [2.05, 4.69) is 0 Å². The Morgan fingerprint density at radius 2 is 0.778 bits per heavy atom. The molecule has 0 aromatic heterocycles. The fraction of sp³-hybridized carbons (Fsp3) is 0. The molecule has 0 aliphatic carbocycles. The van der Waals surface area contributed by atoms with Gasteiger partial charge in [0.15, 0.2) is 0 Å². The average molecular weight is 346 g/mol. The molecule has 0 saturated heterocycles. The monoisotopic (exact) mass is 342 g/mol. The summed E-state index contributed by atoms with van der Waals surface area (Å²) in [7, 11) is 15.0. The number of rotatable bonds is 0. The fourth-order valence-electron chi connectivity index (χ4n) is 0. The summed E-state index contributed by atoms with van der Waals surface area (Å²) < 4.78 is 0. The van der Waals surface area contributed by atoms with Crippen LogP contribution < -0.4 is 0 Å². The van der Waals surface area contributed by atoms with Gasteiger partial charge in [0.2, 0.25) is 0 Å². The van der Waals surface area contributed by atoms with Crippen molar-refractivity contribution in [2.24, 2.45) is 0 Å². The van der Waals surface area contributed by atoms with Gasteiger partial charge in [0.1, 0.15) is 0 Å². The topological polar surface area (TPSA) is 0 Å². The zero-order valence-corrected chi connectivity index (χ0v) is 12.4. The summed E-state index contributed by atoms with van der Waals surface area (Å²) >= 11 is 17.8. The van der Waals surface area contributed by atoms with Crippen LogP contribution in [-0.4, -0.2) is 18.5 Å². The van der Waals surface area contributed by atoms with E-state index < -0.39 is 18.5 Å². The summed E-state index contributed by atoms with van der Waals surface area (Å²) in [5, 5.41) is -2.72. The Balaban J connectivity index is 0. The van der Waals surface area contributed by atoms with Crippen molar-refractivity contribution in [3.63, 3.8) is 0 Å². The first kappa shape index (κ1) is 14.4. The molecule has 0 aliphatic heterocycles. The van der Waals surface area contributed by atoms with E-state index >= 15 is 0 Å². The molecule has 0 saturated carbocycles. The van der Waals surface area contributed by atoms with Gasteiger partial charge in [-0.3, -0.25) is 0 Å². The third kappa shape index (κ3) is 103. The molecule has 9 heteroatoms. The van der Waals surface area contributed by atoms with Crippen molar-refractivity contribution in [1.82, 2.24) is 0 Å². The van der Waals surface area contributed by atoms with Gasteiger partial charge < -0.3 is 0 Å². The van der Waals surface area contributed by atoms with Gasteiger partial charge in [-0.1, -0.05) is 0 Å². The van der Waals surface area contributed by atoms with Crippen LogP contribution in [0.5, 0.6) is 0 Å². The molecule has 0 bridgehead atoms. The molecule has 0 aliphatic rings. The summed E-state index contributed by atoms with van der Waals surface area (Å²) in [5.41, 5.74) is 0. The third-order valence-electron chi connectivity index (χ3n) is 0. The van der Waals surface area contributed by atoms with Crippen LogP contribution in [0, 0.1) is 0 Å². The molecular weight excluding hydrogens is 346 g/mol. The van der Waals surface area contributed by atoms with Crippen LogP contribution in [0.25, 0.3) is 0 Å². The van der Waals surface area contributed by atoms with Gasteiger partial charge in [0, 0.05) is 0 Å². The van der Waals surface area contributed by atoms with Crippen LogP contribution in [0.3, 0.4) is 0 Å². The van der Waals surface area contributed by atoms with E-state index in [1.807, 2.05) is 0 Å². The second-order valence-corrected chi connectivity index (χ2v) is 23.1. The summed E-state index contributed by atoms with van der Waals surface area (Å²) in [5.74, 6) is 0. The molecule has 0 nitrogen and oxygen atoms in total. The van der Waals surface area contributed by atoms with Gasteiger partial charge in [-0.15, -0.1) is 44.3 Å². The van der Waals surface area contributed by atoms with Crippen molar-refractivity contribution in [3.8, 4) is 0 Å². The Morgan fingerprint density at radius 1 is 0.778 bits per heavy atom. The molecule has 0 unspecified atom stereocenters. The van der Waals surface area contributed by atoms with Crippen molar-refractivity contribution >= 4 is 91.8 Å². The van der Waals surface area contributed by atoms with Crippen molar-refractivity contribution < 1.29 is 0 Å². The Morgan fingerprint density at radius 3 is 0.778 bits per heavy atom. The van der Waals surface area contributed by atoms with Gasteiger partial charge >= 0.3 is 47.4 Å². The summed E-state index contributed by atoms with van der Waals surface area (Å²) in [6.07, 6.45) is 0. The standard InChI is InChI=1S/Cl4Si.3ClH.Ga/c1-5(2,3)4;;;;/h;3*1H;/q;;;;+3/p-3. The molecule has 0 amide bonds. The molecule has 0 fully saturated rings. The summed E-state index contributed by atoms with van der Waals surface area (Å²) in [4.78, 5) is 0. The van der Waals surface area contributed by atoms with Crippen molar-refractivity contribution in [2.75, 3.05) is 0 Å². The summed E-state index contributed by atoms with van der Waals surface area (Å²) in [6.45, 7) is 0. The Bertz CT molecular complexity index is 45.7. The minimum absolute atomic E-state index is 2.06. The van der Waals surface area contributed by atoms with Gasteiger partial charge in [0.05, 0.1) is 0 Å². The Hall–Kier alpha value is 2.88. The minimum atomic E-state index is -2.72. The molecule has 0 radical (unpaired) electrons. The normalized spacial score (nSPS) is 9.67. The molecular formula is Cl7GaSi. The van der Waals surface area contributed by atoms with Crippen LogP contribution in [0.15, 0.2) is 0 Å². The second-order valence-electron chi connectivity index (χ2n) is 0.676. The number of halogens is 7. The van der Waals surface area contributed by atoms with E-state index in [9.17, 15) is 0 Å². The van der Waals surface area contributed by atoms with Crippen LogP contribution in [0.2, 0.25) is 0 Å². The predicted octanol–water partition coefficient (Wildman–Crippen LogP) is 4.06. The van der Waals surface area contributed by atoms with E-state index in [0.29, 0.717) is 0 Å². The van der Waals surface area contributed by atoms with E-state index in [1.54, 1.807) is 0 Å². The molecule has 0 spiro atoms. The number of hydrogen-bond donors (Lipinski definition) is 0. The van der Waals surface area contributed by atoms with E-state index in [1.165, 1.54) is 0 Å². The molecule has 9 heavy (non-hydrogen) atoms. The van der Waals surface area contributed by atoms with Crippen LogP contribution in [-0.2, 0) is 0 Å². The van der Waals surface area contributed by atoms with Crippen molar-refractivity contribution in [1.29, 1.82) is 0 Å². The predicted molar refractivity (Wildman–Crippen MR) is 52.5 cm³/mol. The average Bonchev–Trinajstić information content (AvgIpc) is 1.19. The molecule has 0 heterocycles. The van der Waals surface area contributed by atoms with Crippen LogP contribution >= 0.6 is 73.2 Å². The molecule has 0 N–H and O–H groups in total. The maximum absolute atomic E-state index is 4.99. The Kier molecular flexibility index (Phi) is 12.1. The van der Waals surface area contributed by atoms with Crippen LogP contribution in [0.1, 0.15) is 0 Å². The maximum atomic E-state index is 4.99. The molecule has 0 rings (SSSR count). The molecule has 0 aromatic carbocycles.